The largest absolute Gasteiger partial charge is 0.494 e. The molecule has 0 bridgehead atoms. The molecule has 4 nitrogen and oxygen atoms in total. The van der Waals surface area contributed by atoms with Crippen molar-refractivity contribution in [1.29, 1.82) is 0 Å². The van der Waals surface area contributed by atoms with Crippen LogP contribution in [0.25, 0.3) is 0 Å². The lowest BCUT2D eigenvalue weighted by Crippen LogP contribution is -2.05. The number of nitrogens with one attached hydrogen (secondary N) is 1. The number of hydrogen-bond donors (Lipinski definition) is 1. The molecule has 0 saturated heterocycles. The molecule has 5 heteroatoms. The van der Waals surface area contributed by atoms with Gasteiger partial charge in [0.05, 0.1) is 19.3 Å². The average molecular weight is 263 g/mol. The van der Waals surface area contributed by atoms with Gasteiger partial charge in [-0.1, -0.05) is 0 Å². The van der Waals surface area contributed by atoms with Crippen molar-refractivity contribution >= 4 is 5.69 Å². The van der Waals surface area contributed by atoms with Crippen molar-refractivity contribution in [1.82, 2.24) is 9.78 Å². The Bertz CT molecular complexity index is 551. The van der Waals surface area contributed by atoms with Gasteiger partial charge >= 0.3 is 0 Å². The number of nitrogens with zero attached hydrogens (tertiary/aromatic N) is 2. The summed E-state index contributed by atoms with van der Waals surface area (Å²) in [5, 5.41) is 7.63. The molecular formula is C14H18FN3O. The van der Waals surface area contributed by atoms with Crippen LogP contribution in [0.5, 0.6) is 5.75 Å². The number of methoxy groups -OCH3 is 1. The van der Waals surface area contributed by atoms with E-state index in [-0.39, 0.29) is 11.6 Å². The minimum Gasteiger partial charge on any atom is -0.494 e. The molecule has 1 aromatic heterocycles. The van der Waals surface area contributed by atoms with Gasteiger partial charge in [-0.2, -0.15) is 5.10 Å². The lowest BCUT2D eigenvalue weighted by molar-refractivity contribution is 0.387. The van der Waals surface area contributed by atoms with Gasteiger partial charge in [-0.05, 0) is 32.0 Å². The molecule has 2 aromatic rings. The highest BCUT2D eigenvalue weighted by Gasteiger charge is 2.05. The van der Waals surface area contributed by atoms with Crippen LogP contribution in [0, 0.1) is 5.82 Å². The quantitative estimate of drug-likeness (QED) is 0.900. The fourth-order valence-corrected chi connectivity index (χ4v) is 1.72. The van der Waals surface area contributed by atoms with E-state index in [0.29, 0.717) is 12.6 Å². The van der Waals surface area contributed by atoms with Crippen LogP contribution < -0.4 is 10.1 Å². The van der Waals surface area contributed by atoms with Crippen molar-refractivity contribution in [3.05, 3.63) is 42.0 Å². The Kier molecular flexibility index (Phi) is 4.04. The second-order valence-electron chi connectivity index (χ2n) is 4.58. The normalized spacial score (nSPS) is 10.8. The first-order valence-corrected chi connectivity index (χ1v) is 6.21. The zero-order chi connectivity index (χ0) is 13.8. The lowest BCUT2D eigenvalue weighted by atomic mass is 10.3. The number of hydrogen-bond acceptors (Lipinski definition) is 3. The van der Waals surface area contributed by atoms with E-state index in [9.17, 15) is 4.39 Å². The maximum absolute atomic E-state index is 13.3. The summed E-state index contributed by atoms with van der Waals surface area (Å²) in [4.78, 5) is 0. The molecule has 0 aliphatic heterocycles. The SMILES string of the molecule is COc1cc(NCc2ccn(C(C)C)n2)ccc1F. The first-order chi connectivity index (χ1) is 9.10. The summed E-state index contributed by atoms with van der Waals surface area (Å²) >= 11 is 0. The van der Waals surface area contributed by atoms with E-state index >= 15 is 0 Å². The van der Waals surface area contributed by atoms with Gasteiger partial charge in [0.2, 0.25) is 0 Å². The summed E-state index contributed by atoms with van der Waals surface area (Å²) < 4.78 is 20.1. The summed E-state index contributed by atoms with van der Waals surface area (Å²) in [5.41, 5.74) is 1.74. The van der Waals surface area contributed by atoms with E-state index in [1.807, 2.05) is 16.9 Å². The topological polar surface area (TPSA) is 39.1 Å². The summed E-state index contributed by atoms with van der Waals surface area (Å²) in [6.45, 7) is 4.75. The Morgan fingerprint density at radius 3 is 2.79 bits per heavy atom. The van der Waals surface area contributed by atoms with Crippen molar-refractivity contribution in [2.45, 2.75) is 26.4 Å². The third-order valence-electron chi connectivity index (χ3n) is 2.82. The molecule has 0 amide bonds. The fourth-order valence-electron chi connectivity index (χ4n) is 1.72. The Morgan fingerprint density at radius 1 is 1.37 bits per heavy atom. The minimum atomic E-state index is -0.364. The van der Waals surface area contributed by atoms with Gasteiger partial charge in [0.15, 0.2) is 11.6 Å². The highest BCUT2D eigenvalue weighted by Crippen LogP contribution is 2.21. The number of halogens is 1. The van der Waals surface area contributed by atoms with Crippen LogP contribution >= 0.6 is 0 Å². The monoisotopic (exact) mass is 263 g/mol. The first kappa shape index (κ1) is 13.4. The number of anilines is 1. The van der Waals surface area contributed by atoms with E-state index in [4.69, 9.17) is 4.74 Å². The third kappa shape index (κ3) is 3.24. The maximum atomic E-state index is 13.3. The van der Waals surface area contributed by atoms with Crippen LogP contribution in [0.2, 0.25) is 0 Å². The molecule has 1 aromatic carbocycles. The lowest BCUT2D eigenvalue weighted by Gasteiger charge is -2.08. The average Bonchev–Trinajstić information content (AvgIpc) is 2.87. The predicted molar refractivity (Wildman–Crippen MR) is 72.9 cm³/mol. The van der Waals surface area contributed by atoms with Crippen LogP contribution in [0.1, 0.15) is 25.6 Å². The van der Waals surface area contributed by atoms with Gasteiger partial charge in [-0.15, -0.1) is 0 Å². The van der Waals surface area contributed by atoms with Crippen LogP contribution in [0.3, 0.4) is 0 Å². The van der Waals surface area contributed by atoms with E-state index in [1.54, 1.807) is 12.1 Å². The van der Waals surface area contributed by atoms with Crippen molar-refractivity contribution in [2.75, 3.05) is 12.4 Å². The molecule has 1 heterocycles. The summed E-state index contributed by atoms with van der Waals surface area (Å²) in [6.07, 6.45) is 1.95. The van der Waals surface area contributed by atoms with E-state index < -0.39 is 0 Å². The van der Waals surface area contributed by atoms with Crippen LogP contribution in [-0.2, 0) is 6.54 Å². The van der Waals surface area contributed by atoms with Crippen LogP contribution in [-0.4, -0.2) is 16.9 Å². The Hall–Kier alpha value is -2.04. The van der Waals surface area contributed by atoms with Gasteiger partial charge in [0.25, 0.3) is 0 Å². The molecular weight excluding hydrogens is 245 g/mol. The molecule has 0 aliphatic rings. The summed E-state index contributed by atoms with van der Waals surface area (Å²) in [7, 11) is 1.45. The summed E-state index contributed by atoms with van der Waals surface area (Å²) in [5.74, 6) is -0.130. The maximum Gasteiger partial charge on any atom is 0.165 e. The van der Waals surface area contributed by atoms with Crippen molar-refractivity contribution in [3.63, 3.8) is 0 Å². The van der Waals surface area contributed by atoms with Crippen LogP contribution in [0.4, 0.5) is 10.1 Å². The highest BCUT2D eigenvalue weighted by atomic mass is 19.1. The molecule has 0 atom stereocenters. The fraction of sp³-hybridized carbons (Fsp3) is 0.357. The number of benzene rings is 1. The Morgan fingerprint density at radius 2 is 2.16 bits per heavy atom. The predicted octanol–water partition coefficient (Wildman–Crippen LogP) is 3.22. The standard InChI is InChI=1S/C14H18FN3O/c1-10(2)18-7-6-12(17-18)9-16-11-4-5-13(15)14(8-11)19-3/h4-8,10,16H,9H2,1-3H3. The van der Waals surface area contributed by atoms with Gasteiger partial charge in [0.1, 0.15) is 0 Å². The first-order valence-electron chi connectivity index (χ1n) is 6.21. The molecule has 0 fully saturated rings. The molecule has 0 unspecified atom stereocenters. The van der Waals surface area contributed by atoms with E-state index in [2.05, 4.69) is 24.3 Å². The smallest absolute Gasteiger partial charge is 0.165 e. The second-order valence-corrected chi connectivity index (χ2v) is 4.58. The molecule has 0 spiro atoms. The molecule has 0 aliphatic carbocycles. The van der Waals surface area contributed by atoms with Gasteiger partial charge in [-0.25, -0.2) is 4.39 Å². The number of ether oxygens (including phenoxy) is 1. The number of aromatic nitrogens is 2. The molecule has 0 saturated carbocycles. The van der Waals surface area contributed by atoms with Gasteiger partial charge in [-0.3, -0.25) is 4.68 Å². The summed E-state index contributed by atoms with van der Waals surface area (Å²) in [6, 6.07) is 7.01. The van der Waals surface area contributed by atoms with Gasteiger partial charge in [0, 0.05) is 24.0 Å². The highest BCUT2D eigenvalue weighted by molar-refractivity contribution is 5.48. The van der Waals surface area contributed by atoms with Crippen LogP contribution in [0.15, 0.2) is 30.5 Å². The van der Waals surface area contributed by atoms with E-state index in [0.717, 1.165) is 11.4 Å². The molecule has 1 N–H and O–H groups in total. The zero-order valence-electron chi connectivity index (χ0n) is 11.4. The van der Waals surface area contributed by atoms with E-state index in [1.165, 1.54) is 13.2 Å². The number of rotatable bonds is 5. The second kappa shape index (κ2) is 5.73. The molecule has 2 rings (SSSR count). The third-order valence-corrected chi connectivity index (χ3v) is 2.82. The van der Waals surface area contributed by atoms with Crippen molar-refractivity contribution in [3.8, 4) is 5.75 Å². The van der Waals surface area contributed by atoms with Crippen molar-refractivity contribution < 1.29 is 9.13 Å². The Labute approximate surface area is 112 Å². The van der Waals surface area contributed by atoms with Gasteiger partial charge < -0.3 is 10.1 Å². The van der Waals surface area contributed by atoms with Crippen molar-refractivity contribution in [2.24, 2.45) is 0 Å². The Balaban J connectivity index is 2.01. The molecule has 102 valence electrons. The molecule has 0 radical (unpaired) electrons. The minimum absolute atomic E-state index is 0.234. The molecule has 19 heavy (non-hydrogen) atoms. The zero-order valence-corrected chi connectivity index (χ0v) is 11.4.